The van der Waals surface area contributed by atoms with Gasteiger partial charge in [-0.3, -0.25) is 4.68 Å². The first-order valence-electron chi connectivity index (χ1n) is 8.81. The molecule has 1 aromatic rings. The Morgan fingerprint density at radius 3 is 2.84 bits per heavy atom. The summed E-state index contributed by atoms with van der Waals surface area (Å²) in [5.41, 5.74) is 3.43. The number of hydrogen-bond acceptors (Lipinski definition) is 4. The molecule has 25 heavy (non-hydrogen) atoms. The van der Waals surface area contributed by atoms with Gasteiger partial charge in [-0.25, -0.2) is 4.99 Å². The van der Waals surface area contributed by atoms with Crippen LogP contribution in [0.3, 0.4) is 0 Å². The van der Waals surface area contributed by atoms with Crippen LogP contribution in [-0.4, -0.2) is 53.5 Å². The van der Waals surface area contributed by atoms with E-state index in [4.69, 9.17) is 9.73 Å². The number of thioether (sulfide) groups is 1. The molecule has 2 heterocycles. The molecule has 1 aliphatic heterocycles. The van der Waals surface area contributed by atoms with Crippen LogP contribution in [-0.2, 0) is 17.8 Å². The number of rotatable bonds is 8. The molecule has 0 saturated carbocycles. The molecule has 0 aromatic carbocycles. The van der Waals surface area contributed by atoms with Gasteiger partial charge in [-0.15, -0.1) is 24.0 Å². The van der Waals surface area contributed by atoms with Crippen LogP contribution in [0.4, 0.5) is 0 Å². The number of nitrogens with one attached hydrogen (secondary N) is 2. The molecule has 144 valence electrons. The van der Waals surface area contributed by atoms with Crippen LogP contribution in [0.5, 0.6) is 0 Å². The molecule has 2 rings (SSSR count). The molecule has 1 fully saturated rings. The van der Waals surface area contributed by atoms with Gasteiger partial charge in [0.05, 0.1) is 25.4 Å². The van der Waals surface area contributed by atoms with Crippen molar-refractivity contribution in [1.82, 2.24) is 20.4 Å². The topological polar surface area (TPSA) is 63.5 Å². The van der Waals surface area contributed by atoms with Gasteiger partial charge in [0, 0.05) is 36.7 Å². The number of nitrogens with zero attached hydrogens (tertiary/aromatic N) is 3. The molecule has 8 heteroatoms. The summed E-state index contributed by atoms with van der Waals surface area (Å²) in [4.78, 5) is 4.76. The lowest BCUT2D eigenvalue weighted by molar-refractivity contribution is 0.182. The van der Waals surface area contributed by atoms with E-state index in [1.165, 1.54) is 29.9 Å². The SMILES string of the molecule is CCNC(=NCc1c(C)nn(CCOC)c1C)NCC1CCCS1.I. The summed E-state index contributed by atoms with van der Waals surface area (Å²) in [7, 11) is 1.72. The molecule has 1 unspecified atom stereocenters. The summed E-state index contributed by atoms with van der Waals surface area (Å²) >= 11 is 2.06. The van der Waals surface area contributed by atoms with Gasteiger partial charge in [-0.1, -0.05) is 0 Å². The first kappa shape index (κ1) is 22.6. The summed E-state index contributed by atoms with van der Waals surface area (Å²) in [6.45, 7) is 10.2. The second-order valence-corrected chi connectivity index (χ2v) is 7.48. The van der Waals surface area contributed by atoms with E-state index in [2.05, 4.69) is 48.3 Å². The Hall–Kier alpha value is -0.480. The summed E-state index contributed by atoms with van der Waals surface area (Å²) in [6, 6.07) is 0. The number of methoxy groups -OCH3 is 1. The van der Waals surface area contributed by atoms with Crippen molar-refractivity contribution in [3.8, 4) is 0 Å². The van der Waals surface area contributed by atoms with Gasteiger partial charge in [-0.05, 0) is 39.4 Å². The Morgan fingerprint density at radius 2 is 2.20 bits per heavy atom. The van der Waals surface area contributed by atoms with Crippen molar-refractivity contribution < 1.29 is 4.74 Å². The summed E-state index contributed by atoms with van der Waals surface area (Å²) in [5.74, 6) is 2.19. The fourth-order valence-electron chi connectivity index (χ4n) is 2.87. The van der Waals surface area contributed by atoms with Crippen molar-refractivity contribution >= 4 is 41.7 Å². The zero-order chi connectivity index (χ0) is 17.4. The first-order valence-corrected chi connectivity index (χ1v) is 9.86. The van der Waals surface area contributed by atoms with E-state index in [1.54, 1.807) is 7.11 Å². The zero-order valence-electron chi connectivity index (χ0n) is 15.8. The third kappa shape index (κ3) is 6.97. The van der Waals surface area contributed by atoms with E-state index in [0.29, 0.717) is 18.4 Å². The average Bonchev–Trinajstić information content (AvgIpc) is 3.17. The number of aryl methyl sites for hydroxylation is 1. The van der Waals surface area contributed by atoms with E-state index in [-0.39, 0.29) is 24.0 Å². The predicted octanol–water partition coefficient (Wildman–Crippen LogP) is 2.72. The molecule has 0 aliphatic carbocycles. The molecule has 0 bridgehead atoms. The summed E-state index contributed by atoms with van der Waals surface area (Å²) in [6.07, 6.45) is 2.64. The van der Waals surface area contributed by atoms with Crippen LogP contribution in [0.15, 0.2) is 4.99 Å². The van der Waals surface area contributed by atoms with Crippen molar-refractivity contribution in [2.24, 2.45) is 4.99 Å². The fraction of sp³-hybridized carbons (Fsp3) is 0.765. The lowest BCUT2D eigenvalue weighted by atomic mass is 10.2. The van der Waals surface area contributed by atoms with Gasteiger partial charge in [0.1, 0.15) is 0 Å². The largest absolute Gasteiger partial charge is 0.383 e. The third-order valence-electron chi connectivity index (χ3n) is 4.30. The van der Waals surface area contributed by atoms with Crippen LogP contribution in [0.2, 0.25) is 0 Å². The molecular weight excluding hydrogens is 449 g/mol. The summed E-state index contributed by atoms with van der Waals surface area (Å²) in [5, 5.41) is 12.1. The molecule has 0 amide bonds. The maximum Gasteiger partial charge on any atom is 0.191 e. The van der Waals surface area contributed by atoms with Gasteiger partial charge in [0.25, 0.3) is 0 Å². The molecule has 0 radical (unpaired) electrons. The van der Waals surface area contributed by atoms with E-state index in [0.717, 1.165) is 31.3 Å². The number of aromatic nitrogens is 2. The smallest absolute Gasteiger partial charge is 0.191 e. The third-order valence-corrected chi connectivity index (χ3v) is 5.70. The van der Waals surface area contributed by atoms with Gasteiger partial charge in [0.2, 0.25) is 0 Å². The lowest BCUT2D eigenvalue weighted by Crippen LogP contribution is -2.40. The highest BCUT2D eigenvalue weighted by Gasteiger charge is 2.16. The van der Waals surface area contributed by atoms with Gasteiger partial charge >= 0.3 is 0 Å². The molecule has 1 atom stereocenters. The standard InChI is InChI=1S/C17H31N5OS.HI/c1-5-18-17(19-11-15-7-6-10-24-15)20-12-16-13(2)21-22(14(16)3)8-9-23-4;/h15H,5-12H2,1-4H3,(H2,18,19,20);1H. The Labute approximate surface area is 173 Å². The van der Waals surface area contributed by atoms with E-state index < -0.39 is 0 Å². The van der Waals surface area contributed by atoms with Crippen LogP contribution < -0.4 is 10.6 Å². The first-order chi connectivity index (χ1) is 11.7. The minimum Gasteiger partial charge on any atom is -0.383 e. The van der Waals surface area contributed by atoms with Crippen molar-refractivity contribution in [2.75, 3.05) is 32.6 Å². The maximum atomic E-state index is 5.15. The van der Waals surface area contributed by atoms with E-state index in [9.17, 15) is 0 Å². The Morgan fingerprint density at radius 1 is 1.40 bits per heavy atom. The van der Waals surface area contributed by atoms with Crippen LogP contribution in [0.25, 0.3) is 0 Å². The van der Waals surface area contributed by atoms with Crippen molar-refractivity contribution in [3.63, 3.8) is 0 Å². The fourth-order valence-corrected chi connectivity index (χ4v) is 4.08. The van der Waals surface area contributed by atoms with E-state index in [1.807, 2.05) is 4.68 Å². The number of aliphatic imine (C=N–C) groups is 1. The highest BCUT2D eigenvalue weighted by molar-refractivity contribution is 14.0. The number of halogens is 1. The van der Waals surface area contributed by atoms with Crippen molar-refractivity contribution in [1.29, 1.82) is 0 Å². The Kier molecular flexibility index (Phi) is 10.8. The minimum absolute atomic E-state index is 0. The highest BCUT2D eigenvalue weighted by atomic mass is 127. The lowest BCUT2D eigenvalue weighted by Gasteiger charge is -2.14. The number of hydrogen-bond donors (Lipinski definition) is 2. The zero-order valence-corrected chi connectivity index (χ0v) is 18.9. The molecular formula is C17H32IN5OS. The molecule has 1 aliphatic rings. The predicted molar refractivity (Wildman–Crippen MR) is 117 cm³/mol. The molecule has 0 spiro atoms. The minimum atomic E-state index is 0. The van der Waals surface area contributed by atoms with Gasteiger partial charge in [0.15, 0.2) is 5.96 Å². The van der Waals surface area contributed by atoms with Crippen molar-refractivity contribution in [3.05, 3.63) is 17.0 Å². The second kappa shape index (κ2) is 12.0. The highest BCUT2D eigenvalue weighted by Crippen LogP contribution is 2.25. The summed E-state index contributed by atoms with van der Waals surface area (Å²) < 4.78 is 7.16. The Bertz CT molecular complexity index is 543. The van der Waals surface area contributed by atoms with Gasteiger partial charge < -0.3 is 15.4 Å². The number of guanidine groups is 1. The quantitative estimate of drug-likeness (QED) is 0.340. The molecule has 1 aromatic heterocycles. The van der Waals surface area contributed by atoms with Crippen LogP contribution >= 0.6 is 35.7 Å². The maximum absolute atomic E-state index is 5.15. The Balaban J connectivity index is 0.00000312. The van der Waals surface area contributed by atoms with Gasteiger partial charge in [-0.2, -0.15) is 16.9 Å². The molecule has 2 N–H and O–H groups in total. The normalized spacial score (nSPS) is 17.4. The monoisotopic (exact) mass is 481 g/mol. The number of ether oxygens (including phenoxy) is 1. The average molecular weight is 481 g/mol. The van der Waals surface area contributed by atoms with Crippen molar-refractivity contribution in [2.45, 2.75) is 52.0 Å². The molecule has 6 nitrogen and oxygen atoms in total. The second-order valence-electron chi connectivity index (χ2n) is 6.08. The van der Waals surface area contributed by atoms with E-state index >= 15 is 0 Å². The molecule has 1 saturated heterocycles. The van der Waals surface area contributed by atoms with Crippen LogP contribution in [0, 0.1) is 13.8 Å². The van der Waals surface area contributed by atoms with Crippen LogP contribution in [0.1, 0.15) is 36.7 Å².